The van der Waals surface area contributed by atoms with Crippen molar-refractivity contribution < 1.29 is 13.2 Å². The van der Waals surface area contributed by atoms with Gasteiger partial charge in [-0.25, -0.2) is 18.5 Å². The molecular weight excluding hydrogens is 470 g/mol. The highest BCUT2D eigenvalue weighted by Gasteiger charge is 2.13. The van der Waals surface area contributed by atoms with Gasteiger partial charge in [0.15, 0.2) is 5.16 Å². The molecule has 0 bridgehead atoms. The van der Waals surface area contributed by atoms with E-state index in [-0.39, 0.29) is 10.5 Å². The standard InChI is InChI=1S/C25H25N3O4S2/c1-18-6-2-5-9-23(18)32-16-17-33-25-27-22-8-4-3-7-21(22)24(29)28(25)15-14-19-10-12-20(13-11-19)34(26,30)31/h2-13H,14-17H2,1H3,(H2,26,30,31). The highest BCUT2D eigenvalue weighted by Crippen LogP contribution is 2.21. The van der Waals surface area contributed by atoms with Gasteiger partial charge in [-0.2, -0.15) is 0 Å². The second-order valence-corrected chi connectivity index (χ2v) is 10.4. The lowest BCUT2D eigenvalue weighted by atomic mass is 10.1. The maximum atomic E-state index is 13.2. The third-order valence-corrected chi connectivity index (χ3v) is 7.24. The summed E-state index contributed by atoms with van der Waals surface area (Å²) in [6.07, 6.45) is 0.540. The van der Waals surface area contributed by atoms with E-state index in [1.807, 2.05) is 49.4 Å². The predicted molar refractivity (Wildman–Crippen MR) is 135 cm³/mol. The number of thioether (sulfide) groups is 1. The molecule has 3 aromatic carbocycles. The first-order valence-electron chi connectivity index (χ1n) is 10.8. The van der Waals surface area contributed by atoms with Crippen molar-refractivity contribution >= 4 is 32.7 Å². The van der Waals surface area contributed by atoms with Crippen LogP contribution in [0.2, 0.25) is 0 Å². The predicted octanol–water partition coefficient (Wildman–Crippen LogP) is 3.77. The highest BCUT2D eigenvalue weighted by atomic mass is 32.2. The number of fused-ring (bicyclic) bond motifs is 1. The van der Waals surface area contributed by atoms with E-state index in [0.29, 0.717) is 41.4 Å². The number of hydrogen-bond acceptors (Lipinski definition) is 6. The summed E-state index contributed by atoms with van der Waals surface area (Å²) in [7, 11) is -3.74. The first-order chi connectivity index (χ1) is 16.3. The van der Waals surface area contributed by atoms with Gasteiger partial charge in [0.2, 0.25) is 10.0 Å². The molecule has 0 fully saturated rings. The largest absolute Gasteiger partial charge is 0.492 e. The molecule has 0 saturated carbocycles. The molecule has 4 rings (SSSR count). The average molecular weight is 496 g/mol. The number of benzene rings is 3. The fourth-order valence-electron chi connectivity index (χ4n) is 3.54. The van der Waals surface area contributed by atoms with Gasteiger partial charge >= 0.3 is 0 Å². The second kappa shape index (κ2) is 10.4. The van der Waals surface area contributed by atoms with Gasteiger partial charge in [-0.1, -0.05) is 54.2 Å². The maximum absolute atomic E-state index is 13.2. The quantitative estimate of drug-likeness (QED) is 0.215. The third kappa shape index (κ3) is 5.67. The number of aryl methyl sites for hydroxylation is 2. The fourth-order valence-corrected chi connectivity index (χ4v) is 4.90. The number of nitrogens with zero attached hydrogens (tertiary/aromatic N) is 2. The molecule has 0 amide bonds. The average Bonchev–Trinajstić information content (AvgIpc) is 2.82. The number of para-hydroxylation sites is 2. The molecule has 0 aliphatic rings. The van der Waals surface area contributed by atoms with Gasteiger partial charge in [0.25, 0.3) is 5.56 Å². The fraction of sp³-hybridized carbons (Fsp3) is 0.200. The van der Waals surface area contributed by atoms with Crippen LogP contribution in [-0.2, 0) is 23.0 Å². The van der Waals surface area contributed by atoms with Crippen LogP contribution in [0.4, 0.5) is 0 Å². The van der Waals surface area contributed by atoms with Crippen molar-refractivity contribution in [3.8, 4) is 5.75 Å². The maximum Gasteiger partial charge on any atom is 0.262 e. The van der Waals surface area contributed by atoms with Crippen LogP contribution < -0.4 is 15.4 Å². The monoisotopic (exact) mass is 495 g/mol. The van der Waals surface area contributed by atoms with Crippen LogP contribution in [0.15, 0.2) is 87.6 Å². The van der Waals surface area contributed by atoms with Crippen LogP contribution in [-0.4, -0.2) is 30.3 Å². The van der Waals surface area contributed by atoms with Crippen molar-refractivity contribution in [2.45, 2.75) is 29.9 Å². The van der Waals surface area contributed by atoms with Crippen molar-refractivity contribution in [1.29, 1.82) is 0 Å². The lowest BCUT2D eigenvalue weighted by Gasteiger charge is -2.14. The Morgan fingerprint density at radius 1 is 1.00 bits per heavy atom. The summed E-state index contributed by atoms with van der Waals surface area (Å²) in [4.78, 5) is 18.0. The van der Waals surface area contributed by atoms with Gasteiger partial charge < -0.3 is 4.74 Å². The Kier molecular flexibility index (Phi) is 7.35. The minimum Gasteiger partial charge on any atom is -0.492 e. The Morgan fingerprint density at radius 2 is 1.71 bits per heavy atom. The lowest BCUT2D eigenvalue weighted by Crippen LogP contribution is -2.24. The van der Waals surface area contributed by atoms with E-state index in [1.54, 1.807) is 22.8 Å². The van der Waals surface area contributed by atoms with E-state index in [0.717, 1.165) is 16.9 Å². The van der Waals surface area contributed by atoms with Gasteiger partial charge in [0.1, 0.15) is 5.75 Å². The molecule has 2 N–H and O–H groups in total. The first kappa shape index (κ1) is 24.0. The van der Waals surface area contributed by atoms with Gasteiger partial charge in [-0.3, -0.25) is 9.36 Å². The second-order valence-electron chi connectivity index (χ2n) is 7.77. The van der Waals surface area contributed by atoms with Crippen molar-refractivity contribution in [2.24, 2.45) is 5.14 Å². The van der Waals surface area contributed by atoms with E-state index < -0.39 is 10.0 Å². The highest BCUT2D eigenvalue weighted by molar-refractivity contribution is 7.99. The number of nitrogens with two attached hydrogens (primary N) is 1. The van der Waals surface area contributed by atoms with Crippen molar-refractivity contribution in [3.63, 3.8) is 0 Å². The molecular formula is C25H25N3O4S2. The Labute approximate surface area is 202 Å². The summed E-state index contributed by atoms with van der Waals surface area (Å²) in [5, 5.41) is 6.36. The van der Waals surface area contributed by atoms with Gasteiger partial charge in [0.05, 0.1) is 22.4 Å². The summed E-state index contributed by atoms with van der Waals surface area (Å²) in [5.74, 6) is 1.47. The van der Waals surface area contributed by atoms with E-state index in [9.17, 15) is 13.2 Å². The molecule has 34 heavy (non-hydrogen) atoms. The third-order valence-electron chi connectivity index (χ3n) is 5.37. The molecule has 1 aromatic heterocycles. The van der Waals surface area contributed by atoms with Crippen LogP contribution in [0.1, 0.15) is 11.1 Å². The van der Waals surface area contributed by atoms with Gasteiger partial charge in [-0.05, 0) is 54.8 Å². The van der Waals surface area contributed by atoms with Crippen LogP contribution in [0.3, 0.4) is 0 Å². The van der Waals surface area contributed by atoms with Crippen LogP contribution in [0, 0.1) is 6.92 Å². The molecule has 0 saturated heterocycles. The normalized spacial score (nSPS) is 11.6. The molecule has 1 heterocycles. The molecule has 7 nitrogen and oxygen atoms in total. The van der Waals surface area contributed by atoms with Crippen molar-refractivity contribution in [2.75, 3.05) is 12.4 Å². The number of sulfonamides is 1. The zero-order valence-electron chi connectivity index (χ0n) is 18.7. The van der Waals surface area contributed by atoms with Gasteiger partial charge in [0, 0.05) is 12.3 Å². The van der Waals surface area contributed by atoms with E-state index in [1.165, 1.54) is 23.9 Å². The number of rotatable bonds is 9. The van der Waals surface area contributed by atoms with Crippen molar-refractivity contribution in [3.05, 3.63) is 94.3 Å². The minimum absolute atomic E-state index is 0.0608. The van der Waals surface area contributed by atoms with Crippen LogP contribution in [0.5, 0.6) is 5.75 Å². The zero-order chi connectivity index (χ0) is 24.1. The number of aromatic nitrogens is 2. The number of hydrogen-bond donors (Lipinski definition) is 1. The lowest BCUT2D eigenvalue weighted by molar-refractivity contribution is 0.341. The van der Waals surface area contributed by atoms with Gasteiger partial charge in [-0.15, -0.1) is 0 Å². The molecule has 176 valence electrons. The van der Waals surface area contributed by atoms with E-state index in [4.69, 9.17) is 14.9 Å². The summed E-state index contributed by atoms with van der Waals surface area (Å²) in [6.45, 7) is 2.89. The molecule has 0 atom stereocenters. The molecule has 4 aromatic rings. The van der Waals surface area contributed by atoms with Crippen LogP contribution in [0.25, 0.3) is 10.9 Å². The Balaban J connectivity index is 1.52. The first-order valence-corrected chi connectivity index (χ1v) is 13.3. The Hall–Kier alpha value is -3.14. The SMILES string of the molecule is Cc1ccccc1OCCSc1nc2ccccc2c(=O)n1CCc1ccc(S(N)(=O)=O)cc1. The number of ether oxygens (including phenoxy) is 1. The minimum atomic E-state index is -3.74. The molecule has 0 spiro atoms. The molecule has 0 aliphatic carbocycles. The summed E-state index contributed by atoms with van der Waals surface area (Å²) >= 11 is 1.47. The summed E-state index contributed by atoms with van der Waals surface area (Å²) in [6, 6.07) is 21.5. The zero-order valence-corrected chi connectivity index (χ0v) is 20.3. The Morgan fingerprint density at radius 3 is 2.44 bits per heavy atom. The summed E-state index contributed by atoms with van der Waals surface area (Å²) in [5.41, 5.74) is 2.52. The smallest absolute Gasteiger partial charge is 0.262 e. The van der Waals surface area contributed by atoms with Crippen LogP contribution >= 0.6 is 11.8 Å². The van der Waals surface area contributed by atoms with Crippen molar-refractivity contribution in [1.82, 2.24) is 9.55 Å². The molecule has 9 heteroatoms. The topological polar surface area (TPSA) is 104 Å². The molecule has 0 unspecified atom stereocenters. The number of primary sulfonamides is 1. The summed E-state index contributed by atoms with van der Waals surface area (Å²) < 4.78 is 30.5. The Bertz CT molecular complexity index is 1470. The molecule has 0 aliphatic heterocycles. The van der Waals surface area contributed by atoms with E-state index in [2.05, 4.69) is 0 Å². The molecule has 0 radical (unpaired) electrons. The van der Waals surface area contributed by atoms with E-state index >= 15 is 0 Å².